The normalized spacial score (nSPS) is 11.3. The molecule has 7 heteroatoms. The third-order valence-electron chi connectivity index (χ3n) is 4.33. The van der Waals surface area contributed by atoms with Gasteiger partial charge in [-0.3, -0.25) is 4.98 Å². The first-order chi connectivity index (χ1) is 11.6. The molecule has 0 aliphatic carbocycles. The molecule has 1 N–H and O–H groups in total. The molecule has 3 heterocycles. The molecule has 24 heavy (non-hydrogen) atoms. The number of nitrogens with one attached hydrogen (secondary N) is 1. The van der Waals surface area contributed by atoms with Crippen LogP contribution in [0.15, 0.2) is 36.5 Å². The Balaban J connectivity index is 1.83. The smallest absolute Gasteiger partial charge is 0.222 e. The Kier molecular flexibility index (Phi) is 3.54. The third-order valence-corrected chi connectivity index (χ3v) is 4.56. The molecule has 0 radical (unpaired) electrons. The molecule has 4 aromatic rings. The van der Waals surface area contributed by atoms with Crippen LogP contribution >= 0.6 is 11.6 Å². The number of tetrazole rings is 1. The van der Waals surface area contributed by atoms with Crippen molar-refractivity contribution in [1.82, 2.24) is 30.2 Å². The number of hydrogen-bond donors (Lipinski definition) is 1. The van der Waals surface area contributed by atoms with Crippen LogP contribution in [-0.2, 0) is 6.54 Å². The van der Waals surface area contributed by atoms with E-state index in [4.69, 9.17) is 11.6 Å². The maximum absolute atomic E-state index is 6.11. The molecule has 0 atom stereocenters. The molecular formula is C17H15ClN6. The molecule has 0 unspecified atom stereocenters. The van der Waals surface area contributed by atoms with Crippen LogP contribution in [0.4, 0.5) is 0 Å². The minimum Gasteiger partial charge on any atom is -0.339 e. The number of fused-ring (bicyclic) bond motifs is 1. The van der Waals surface area contributed by atoms with Gasteiger partial charge >= 0.3 is 0 Å². The first kappa shape index (κ1) is 14.8. The van der Waals surface area contributed by atoms with E-state index < -0.39 is 0 Å². The lowest BCUT2D eigenvalue weighted by Crippen LogP contribution is -2.02. The number of nitrogens with zero attached hydrogens (tertiary/aromatic N) is 5. The van der Waals surface area contributed by atoms with Crippen molar-refractivity contribution >= 4 is 22.5 Å². The average Bonchev–Trinajstić information content (AvgIpc) is 3.19. The van der Waals surface area contributed by atoms with Crippen molar-refractivity contribution in [1.29, 1.82) is 0 Å². The predicted octanol–water partition coefficient (Wildman–Crippen LogP) is 3.53. The van der Waals surface area contributed by atoms with Crippen LogP contribution in [-0.4, -0.2) is 30.2 Å². The monoisotopic (exact) mass is 338 g/mol. The van der Waals surface area contributed by atoms with E-state index in [-0.39, 0.29) is 0 Å². The summed E-state index contributed by atoms with van der Waals surface area (Å²) in [4.78, 5) is 4.49. The Morgan fingerprint density at radius 3 is 2.83 bits per heavy atom. The lowest BCUT2D eigenvalue weighted by Gasteiger charge is -2.09. The molecule has 1 aromatic carbocycles. The van der Waals surface area contributed by atoms with Crippen molar-refractivity contribution in [3.63, 3.8) is 0 Å². The number of aromatic amines is 1. The van der Waals surface area contributed by atoms with Gasteiger partial charge in [0, 0.05) is 22.6 Å². The molecule has 0 fully saturated rings. The molecule has 120 valence electrons. The summed E-state index contributed by atoms with van der Waals surface area (Å²) in [6, 6.07) is 9.93. The quantitative estimate of drug-likeness (QED) is 0.620. The molecule has 4 rings (SSSR count). The van der Waals surface area contributed by atoms with Gasteiger partial charge in [-0.1, -0.05) is 23.7 Å². The first-order valence-electron chi connectivity index (χ1n) is 7.57. The summed E-state index contributed by atoms with van der Waals surface area (Å²) >= 11 is 6.11. The highest BCUT2D eigenvalue weighted by atomic mass is 35.5. The van der Waals surface area contributed by atoms with Crippen LogP contribution < -0.4 is 0 Å². The molecule has 0 amide bonds. The highest BCUT2D eigenvalue weighted by molar-refractivity contribution is 6.30. The van der Waals surface area contributed by atoms with Gasteiger partial charge in [0.15, 0.2) is 0 Å². The van der Waals surface area contributed by atoms with Gasteiger partial charge in [0.05, 0.1) is 11.7 Å². The van der Waals surface area contributed by atoms with Crippen LogP contribution in [0.2, 0.25) is 5.02 Å². The zero-order valence-electron chi connectivity index (χ0n) is 13.3. The van der Waals surface area contributed by atoms with Gasteiger partial charge in [-0.05, 0) is 48.4 Å². The second kappa shape index (κ2) is 5.72. The standard InChI is InChI=1S/C17H15ClN6/c1-10-11(2)24(9-12-4-3-5-13(18)6-12)16-8-19-15(7-14(10)16)17-20-22-23-21-17/h3-8H,9H2,1-2H3,(H,20,21,22,23). The summed E-state index contributed by atoms with van der Waals surface area (Å²) < 4.78 is 2.25. The van der Waals surface area contributed by atoms with Crippen LogP contribution in [0.3, 0.4) is 0 Å². The SMILES string of the molecule is Cc1c(C)n(Cc2cccc(Cl)c2)c2cnc(-c3nn[nH]n3)cc12. The Hall–Kier alpha value is -2.73. The van der Waals surface area contributed by atoms with Gasteiger partial charge in [0.25, 0.3) is 0 Å². The number of rotatable bonds is 3. The summed E-state index contributed by atoms with van der Waals surface area (Å²) in [5.74, 6) is 0.497. The van der Waals surface area contributed by atoms with Gasteiger partial charge in [-0.2, -0.15) is 5.21 Å². The zero-order chi connectivity index (χ0) is 16.7. The molecule has 3 aromatic heterocycles. The third kappa shape index (κ3) is 2.45. The van der Waals surface area contributed by atoms with E-state index in [1.807, 2.05) is 30.5 Å². The van der Waals surface area contributed by atoms with Gasteiger partial charge in [-0.25, -0.2) is 0 Å². The second-order valence-electron chi connectivity index (χ2n) is 5.75. The summed E-state index contributed by atoms with van der Waals surface area (Å²) in [6.07, 6.45) is 1.87. The second-order valence-corrected chi connectivity index (χ2v) is 6.19. The lowest BCUT2D eigenvalue weighted by molar-refractivity contribution is 0.799. The van der Waals surface area contributed by atoms with Crippen LogP contribution in [0.25, 0.3) is 22.4 Å². The van der Waals surface area contributed by atoms with E-state index in [0.717, 1.165) is 28.0 Å². The molecule has 0 aliphatic heterocycles. The van der Waals surface area contributed by atoms with Crippen LogP contribution in [0.5, 0.6) is 0 Å². The molecule has 0 aliphatic rings. The van der Waals surface area contributed by atoms with Crippen LogP contribution in [0.1, 0.15) is 16.8 Å². The first-order valence-corrected chi connectivity index (χ1v) is 7.95. The van der Waals surface area contributed by atoms with Gasteiger partial charge < -0.3 is 4.57 Å². The lowest BCUT2D eigenvalue weighted by atomic mass is 10.1. The molecule has 0 saturated carbocycles. The Bertz CT molecular complexity index is 1020. The van der Waals surface area contributed by atoms with Gasteiger partial charge in [0.1, 0.15) is 5.69 Å². The fourth-order valence-corrected chi connectivity index (χ4v) is 3.17. The predicted molar refractivity (Wildman–Crippen MR) is 92.9 cm³/mol. The molecule has 6 nitrogen and oxygen atoms in total. The number of aryl methyl sites for hydroxylation is 1. The van der Waals surface area contributed by atoms with E-state index >= 15 is 0 Å². The Morgan fingerprint density at radius 2 is 2.08 bits per heavy atom. The summed E-state index contributed by atoms with van der Waals surface area (Å²) in [6.45, 7) is 4.99. The largest absolute Gasteiger partial charge is 0.339 e. The number of hydrogen-bond acceptors (Lipinski definition) is 4. The van der Waals surface area contributed by atoms with Crippen molar-refractivity contribution < 1.29 is 0 Å². The van der Waals surface area contributed by atoms with Crippen LogP contribution in [0, 0.1) is 13.8 Å². The van der Waals surface area contributed by atoms with E-state index in [1.165, 1.54) is 11.3 Å². The maximum Gasteiger partial charge on any atom is 0.222 e. The van der Waals surface area contributed by atoms with Crippen molar-refractivity contribution in [3.8, 4) is 11.5 Å². The van der Waals surface area contributed by atoms with E-state index in [2.05, 4.69) is 50.1 Å². The minimum absolute atomic E-state index is 0.497. The topological polar surface area (TPSA) is 72.3 Å². The summed E-state index contributed by atoms with van der Waals surface area (Å²) in [5, 5.41) is 15.9. The van der Waals surface area contributed by atoms with Crippen molar-refractivity contribution in [2.24, 2.45) is 0 Å². The maximum atomic E-state index is 6.11. The van der Waals surface area contributed by atoms with E-state index in [0.29, 0.717) is 11.5 Å². The number of benzene rings is 1. The van der Waals surface area contributed by atoms with Crippen molar-refractivity contribution in [3.05, 3.63) is 58.4 Å². The zero-order valence-corrected chi connectivity index (χ0v) is 14.0. The number of pyridine rings is 1. The highest BCUT2D eigenvalue weighted by Gasteiger charge is 2.14. The highest BCUT2D eigenvalue weighted by Crippen LogP contribution is 2.28. The Labute approximate surface area is 143 Å². The fourth-order valence-electron chi connectivity index (χ4n) is 2.96. The van der Waals surface area contributed by atoms with E-state index in [1.54, 1.807) is 0 Å². The average molecular weight is 339 g/mol. The molecule has 0 saturated heterocycles. The number of halogens is 1. The molecule has 0 spiro atoms. The van der Waals surface area contributed by atoms with Crippen molar-refractivity contribution in [2.75, 3.05) is 0 Å². The molecular weight excluding hydrogens is 324 g/mol. The number of H-pyrrole nitrogens is 1. The van der Waals surface area contributed by atoms with Gasteiger partial charge in [-0.15, -0.1) is 10.2 Å². The summed E-state index contributed by atoms with van der Waals surface area (Å²) in [7, 11) is 0. The van der Waals surface area contributed by atoms with Gasteiger partial charge in [0.2, 0.25) is 5.82 Å². The van der Waals surface area contributed by atoms with Crippen molar-refractivity contribution in [2.45, 2.75) is 20.4 Å². The minimum atomic E-state index is 0.497. The summed E-state index contributed by atoms with van der Waals surface area (Å²) in [5.41, 5.74) is 5.37. The Morgan fingerprint density at radius 1 is 1.21 bits per heavy atom. The van der Waals surface area contributed by atoms with E-state index in [9.17, 15) is 0 Å². The molecule has 0 bridgehead atoms. The fraction of sp³-hybridized carbons (Fsp3) is 0.176. The number of aromatic nitrogens is 6.